The summed E-state index contributed by atoms with van der Waals surface area (Å²) in [4.78, 5) is 0.0726. The van der Waals surface area contributed by atoms with Crippen LogP contribution in [0.4, 0.5) is 10.1 Å². The maximum absolute atomic E-state index is 13.2. The van der Waals surface area contributed by atoms with E-state index in [1.165, 1.54) is 18.2 Å². The van der Waals surface area contributed by atoms with Crippen LogP contribution in [0.3, 0.4) is 0 Å². The SMILES string of the molecule is Cc1ccc(F)cc1NS(=O)(=O)c1ccc(CN)cc1Br. The number of rotatable bonds is 4. The van der Waals surface area contributed by atoms with Gasteiger partial charge in [0.2, 0.25) is 0 Å². The standard InChI is InChI=1S/C14H14BrFN2O2S/c1-9-2-4-11(16)7-13(9)18-21(19,20)14-5-3-10(8-17)6-12(14)15/h2-7,18H,8,17H2,1H3. The molecule has 0 aliphatic rings. The summed E-state index contributed by atoms with van der Waals surface area (Å²) in [6.07, 6.45) is 0. The van der Waals surface area contributed by atoms with Gasteiger partial charge in [0, 0.05) is 11.0 Å². The second-order valence-corrected chi connectivity index (χ2v) is 7.04. The Morgan fingerprint density at radius 1 is 1.24 bits per heavy atom. The fourth-order valence-corrected chi connectivity index (χ4v) is 4.04. The minimum atomic E-state index is -3.81. The van der Waals surface area contributed by atoms with E-state index in [1.54, 1.807) is 19.1 Å². The third kappa shape index (κ3) is 3.61. The third-order valence-electron chi connectivity index (χ3n) is 2.97. The molecule has 0 heterocycles. The number of hydrogen-bond acceptors (Lipinski definition) is 3. The molecule has 0 aliphatic carbocycles. The maximum atomic E-state index is 13.2. The molecule has 112 valence electrons. The molecule has 0 fully saturated rings. The van der Waals surface area contributed by atoms with Crippen LogP contribution in [0, 0.1) is 12.7 Å². The molecule has 0 aromatic heterocycles. The molecule has 0 spiro atoms. The fraction of sp³-hybridized carbons (Fsp3) is 0.143. The van der Waals surface area contributed by atoms with Gasteiger partial charge in [-0.2, -0.15) is 0 Å². The van der Waals surface area contributed by atoms with Crippen molar-refractivity contribution in [1.29, 1.82) is 0 Å². The van der Waals surface area contributed by atoms with Gasteiger partial charge < -0.3 is 5.73 Å². The van der Waals surface area contributed by atoms with Gasteiger partial charge in [-0.05, 0) is 58.2 Å². The zero-order valence-electron chi connectivity index (χ0n) is 11.2. The largest absolute Gasteiger partial charge is 0.326 e. The lowest BCUT2D eigenvalue weighted by Crippen LogP contribution is -2.15. The summed E-state index contributed by atoms with van der Waals surface area (Å²) in [5.74, 6) is -0.504. The molecule has 0 radical (unpaired) electrons. The Morgan fingerprint density at radius 2 is 1.95 bits per heavy atom. The van der Waals surface area contributed by atoms with E-state index in [0.29, 0.717) is 16.6 Å². The molecule has 0 atom stereocenters. The van der Waals surface area contributed by atoms with E-state index in [0.717, 1.165) is 11.6 Å². The molecule has 2 rings (SSSR count). The van der Waals surface area contributed by atoms with Crippen LogP contribution in [0.25, 0.3) is 0 Å². The zero-order chi connectivity index (χ0) is 15.6. The van der Waals surface area contributed by atoms with Crippen LogP contribution >= 0.6 is 15.9 Å². The highest BCUT2D eigenvalue weighted by molar-refractivity contribution is 9.10. The van der Waals surface area contributed by atoms with Crippen LogP contribution in [0.1, 0.15) is 11.1 Å². The summed E-state index contributed by atoms with van der Waals surface area (Å²) < 4.78 is 40.8. The van der Waals surface area contributed by atoms with Crippen molar-refractivity contribution in [2.75, 3.05) is 4.72 Å². The minimum absolute atomic E-state index is 0.0726. The Bertz CT molecular complexity index is 779. The normalized spacial score (nSPS) is 11.4. The molecule has 4 nitrogen and oxygen atoms in total. The monoisotopic (exact) mass is 372 g/mol. The molecule has 0 saturated carbocycles. The number of hydrogen-bond donors (Lipinski definition) is 2. The average molecular weight is 373 g/mol. The number of nitrogens with two attached hydrogens (primary N) is 1. The number of aryl methyl sites for hydroxylation is 1. The Labute approximate surface area is 131 Å². The van der Waals surface area contributed by atoms with Gasteiger partial charge in [-0.15, -0.1) is 0 Å². The van der Waals surface area contributed by atoms with Gasteiger partial charge in [-0.25, -0.2) is 12.8 Å². The Hall–Kier alpha value is -1.44. The molecule has 2 aromatic rings. The van der Waals surface area contributed by atoms with Crippen LogP contribution in [-0.4, -0.2) is 8.42 Å². The quantitative estimate of drug-likeness (QED) is 0.865. The summed E-state index contributed by atoms with van der Waals surface area (Å²) in [5, 5.41) is 0. The van der Waals surface area contributed by atoms with E-state index in [1.807, 2.05) is 0 Å². The van der Waals surface area contributed by atoms with Gasteiger partial charge >= 0.3 is 0 Å². The summed E-state index contributed by atoms with van der Waals surface area (Å²) in [6, 6.07) is 8.68. The van der Waals surface area contributed by atoms with Crippen molar-refractivity contribution in [1.82, 2.24) is 0 Å². The second kappa shape index (κ2) is 6.13. The number of anilines is 1. The van der Waals surface area contributed by atoms with Crippen LogP contribution in [0.15, 0.2) is 45.8 Å². The number of halogens is 2. The molecule has 7 heteroatoms. The highest BCUT2D eigenvalue weighted by Gasteiger charge is 2.19. The van der Waals surface area contributed by atoms with E-state index < -0.39 is 15.8 Å². The smallest absolute Gasteiger partial charge is 0.263 e. The van der Waals surface area contributed by atoms with Crippen LogP contribution < -0.4 is 10.5 Å². The summed E-state index contributed by atoms with van der Waals surface area (Å²) >= 11 is 3.22. The Morgan fingerprint density at radius 3 is 2.57 bits per heavy atom. The number of sulfonamides is 1. The predicted molar refractivity (Wildman–Crippen MR) is 84.0 cm³/mol. The van der Waals surface area contributed by atoms with E-state index >= 15 is 0 Å². The molecule has 3 N–H and O–H groups in total. The number of benzene rings is 2. The van der Waals surface area contributed by atoms with Crippen molar-refractivity contribution >= 4 is 31.6 Å². The van der Waals surface area contributed by atoms with E-state index in [-0.39, 0.29) is 10.6 Å². The Balaban J connectivity index is 2.41. The lowest BCUT2D eigenvalue weighted by atomic mass is 10.2. The highest BCUT2D eigenvalue weighted by Crippen LogP contribution is 2.26. The summed E-state index contributed by atoms with van der Waals surface area (Å²) in [5.41, 5.74) is 7.17. The summed E-state index contributed by atoms with van der Waals surface area (Å²) in [7, 11) is -3.81. The van der Waals surface area contributed by atoms with Crippen molar-refractivity contribution in [3.05, 3.63) is 57.8 Å². The molecule has 0 amide bonds. The van der Waals surface area contributed by atoms with Gasteiger partial charge in [0.1, 0.15) is 10.7 Å². The van der Waals surface area contributed by atoms with Gasteiger partial charge in [0.05, 0.1) is 5.69 Å². The first-order valence-corrected chi connectivity index (χ1v) is 8.38. The molecule has 21 heavy (non-hydrogen) atoms. The molecule has 0 unspecified atom stereocenters. The fourth-order valence-electron chi connectivity index (χ4n) is 1.79. The second-order valence-electron chi connectivity index (χ2n) is 4.53. The van der Waals surface area contributed by atoms with Gasteiger partial charge in [-0.3, -0.25) is 4.72 Å². The van der Waals surface area contributed by atoms with E-state index in [2.05, 4.69) is 20.7 Å². The maximum Gasteiger partial charge on any atom is 0.263 e. The van der Waals surface area contributed by atoms with Gasteiger partial charge in [0.15, 0.2) is 0 Å². The van der Waals surface area contributed by atoms with Crippen molar-refractivity contribution in [3.8, 4) is 0 Å². The first-order chi connectivity index (χ1) is 9.83. The molecule has 2 aromatic carbocycles. The summed E-state index contributed by atoms with van der Waals surface area (Å²) in [6.45, 7) is 2.01. The van der Waals surface area contributed by atoms with E-state index in [9.17, 15) is 12.8 Å². The first kappa shape index (κ1) is 15.9. The first-order valence-electron chi connectivity index (χ1n) is 6.11. The van der Waals surface area contributed by atoms with E-state index in [4.69, 9.17) is 5.73 Å². The van der Waals surface area contributed by atoms with Crippen LogP contribution in [0.2, 0.25) is 0 Å². The van der Waals surface area contributed by atoms with Crippen molar-refractivity contribution in [2.45, 2.75) is 18.4 Å². The lowest BCUT2D eigenvalue weighted by molar-refractivity contribution is 0.600. The number of nitrogens with one attached hydrogen (secondary N) is 1. The molecular formula is C14H14BrFN2O2S. The zero-order valence-corrected chi connectivity index (χ0v) is 13.6. The predicted octanol–water partition coefficient (Wildman–Crippen LogP) is 3.16. The lowest BCUT2D eigenvalue weighted by Gasteiger charge is -2.12. The van der Waals surface area contributed by atoms with Crippen LogP contribution in [-0.2, 0) is 16.6 Å². The molecule has 0 aliphatic heterocycles. The highest BCUT2D eigenvalue weighted by atomic mass is 79.9. The Kier molecular flexibility index (Phi) is 4.65. The van der Waals surface area contributed by atoms with Crippen LogP contribution in [0.5, 0.6) is 0 Å². The molecule has 0 saturated heterocycles. The van der Waals surface area contributed by atoms with Crippen molar-refractivity contribution in [3.63, 3.8) is 0 Å². The average Bonchev–Trinajstić information content (AvgIpc) is 2.42. The topological polar surface area (TPSA) is 72.2 Å². The van der Waals surface area contributed by atoms with Gasteiger partial charge in [0.25, 0.3) is 10.0 Å². The van der Waals surface area contributed by atoms with Crippen molar-refractivity contribution in [2.24, 2.45) is 5.73 Å². The molecule has 0 bridgehead atoms. The van der Waals surface area contributed by atoms with Gasteiger partial charge in [-0.1, -0.05) is 12.1 Å². The molecular weight excluding hydrogens is 359 g/mol. The minimum Gasteiger partial charge on any atom is -0.326 e. The third-order valence-corrected chi connectivity index (χ3v) is 5.31. The van der Waals surface area contributed by atoms with Crippen molar-refractivity contribution < 1.29 is 12.8 Å².